The number of hydrogen-bond acceptors (Lipinski definition) is 2. The topological polar surface area (TPSA) is 21.3 Å². The number of morpholine rings is 1. The smallest absolute Gasteiger partial charge is 0.378 e. The number of ether oxygens (including phenoxy) is 1. The highest BCUT2D eigenvalue weighted by Gasteiger charge is 2.35. The second-order valence-electron chi connectivity index (χ2n) is 3.67. The largest absolute Gasteiger partial charge is 0.416 e. The number of halogens is 3. The van der Waals surface area contributed by atoms with Crippen LogP contribution in [-0.4, -0.2) is 19.8 Å². The van der Waals surface area contributed by atoms with Gasteiger partial charge in [0.1, 0.15) is 0 Å². The predicted octanol–water partition coefficient (Wildman–Crippen LogP) is 2.37. The first-order chi connectivity index (χ1) is 7.59. The Bertz CT molecular complexity index is 358. The van der Waals surface area contributed by atoms with Crippen molar-refractivity contribution in [3.05, 3.63) is 35.4 Å². The molecule has 0 unspecified atom stereocenters. The summed E-state index contributed by atoms with van der Waals surface area (Å²) in [6.07, 6.45) is -4.31. The molecule has 1 saturated heterocycles. The van der Waals surface area contributed by atoms with Crippen LogP contribution in [-0.2, 0) is 10.9 Å². The zero-order valence-electron chi connectivity index (χ0n) is 8.55. The van der Waals surface area contributed by atoms with Crippen molar-refractivity contribution in [2.75, 3.05) is 19.8 Å². The summed E-state index contributed by atoms with van der Waals surface area (Å²) in [5, 5.41) is 3.02. The predicted molar refractivity (Wildman–Crippen MR) is 53.0 cm³/mol. The third-order valence-electron chi connectivity index (χ3n) is 2.56. The Morgan fingerprint density at radius 3 is 2.62 bits per heavy atom. The van der Waals surface area contributed by atoms with Gasteiger partial charge in [-0.05, 0) is 11.6 Å². The SMILES string of the molecule is FC(F)(F)c1ccccc1[C@H]1COCCN1. The van der Waals surface area contributed by atoms with E-state index in [0.29, 0.717) is 13.2 Å². The Morgan fingerprint density at radius 1 is 1.25 bits per heavy atom. The molecule has 88 valence electrons. The molecule has 0 aromatic heterocycles. The van der Waals surface area contributed by atoms with Gasteiger partial charge in [0.25, 0.3) is 0 Å². The fraction of sp³-hybridized carbons (Fsp3) is 0.455. The second-order valence-corrected chi connectivity index (χ2v) is 3.67. The van der Waals surface area contributed by atoms with Gasteiger partial charge in [-0.1, -0.05) is 18.2 Å². The van der Waals surface area contributed by atoms with Gasteiger partial charge in [-0.25, -0.2) is 0 Å². The van der Waals surface area contributed by atoms with Crippen molar-refractivity contribution >= 4 is 0 Å². The first-order valence-electron chi connectivity index (χ1n) is 5.06. The summed E-state index contributed by atoms with van der Waals surface area (Å²) in [6.45, 7) is 1.41. The van der Waals surface area contributed by atoms with Gasteiger partial charge in [0.2, 0.25) is 0 Å². The van der Waals surface area contributed by atoms with Crippen LogP contribution in [0.2, 0.25) is 0 Å². The molecule has 1 aliphatic heterocycles. The van der Waals surface area contributed by atoms with E-state index in [2.05, 4.69) is 5.32 Å². The van der Waals surface area contributed by atoms with Gasteiger partial charge in [0, 0.05) is 6.54 Å². The third-order valence-corrected chi connectivity index (χ3v) is 2.56. The molecule has 5 heteroatoms. The maximum Gasteiger partial charge on any atom is 0.416 e. The lowest BCUT2D eigenvalue weighted by molar-refractivity contribution is -0.138. The Hall–Kier alpha value is -1.07. The molecule has 2 rings (SSSR count). The van der Waals surface area contributed by atoms with E-state index < -0.39 is 11.7 Å². The van der Waals surface area contributed by atoms with Gasteiger partial charge < -0.3 is 10.1 Å². The average molecular weight is 231 g/mol. The minimum Gasteiger partial charge on any atom is -0.378 e. The van der Waals surface area contributed by atoms with Crippen LogP contribution in [0.3, 0.4) is 0 Å². The van der Waals surface area contributed by atoms with Crippen molar-refractivity contribution in [1.29, 1.82) is 0 Å². The highest BCUT2D eigenvalue weighted by atomic mass is 19.4. The standard InChI is InChI=1S/C11H12F3NO/c12-11(13,14)9-4-2-1-3-8(9)10-7-16-6-5-15-10/h1-4,10,15H,5-7H2/t10-/m1/s1. The summed E-state index contributed by atoms with van der Waals surface area (Å²) in [4.78, 5) is 0. The molecule has 0 bridgehead atoms. The van der Waals surface area contributed by atoms with Gasteiger partial charge in [0.05, 0.1) is 24.8 Å². The second kappa shape index (κ2) is 4.43. The van der Waals surface area contributed by atoms with Gasteiger partial charge in [-0.15, -0.1) is 0 Å². The first kappa shape index (κ1) is 11.4. The van der Waals surface area contributed by atoms with Crippen LogP contribution in [0.5, 0.6) is 0 Å². The Morgan fingerprint density at radius 2 is 2.00 bits per heavy atom. The van der Waals surface area contributed by atoms with E-state index >= 15 is 0 Å². The number of benzene rings is 1. The summed E-state index contributed by atoms with van der Waals surface area (Å²) in [7, 11) is 0. The summed E-state index contributed by atoms with van der Waals surface area (Å²) in [5.41, 5.74) is -0.326. The van der Waals surface area contributed by atoms with Gasteiger partial charge in [-0.2, -0.15) is 13.2 Å². The van der Waals surface area contributed by atoms with E-state index in [1.165, 1.54) is 12.1 Å². The molecule has 0 saturated carbocycles. The molecule has 0 amide bonds. The molecule has 1 heterocycles. The maximum absolute atomic E-state index is 12.7. The molecule has 0 aliphatic carbocycles. The molecule has 2 nitrogen and oxygen atoms in total. The highest BCUT2D eigenvalue weighted by molar-refractivity contribution is 5.32. The Labute approximate surface area is 91.4 Å². The minimum atomic E-state index is -4.31. The van der Waals surface area contributed by atoms with E-state index in [1.807, 2.05) is 0 Å². The molecule has 0 spiro atoms. The lowest BCUT2D eigenvalue weighted by atomic mass is 10.00. The van der Waals surface area contributed by atoms with E-state index in [-0.39, 0.29) is 18.2 Å². The normalized spacial score (nSPS) is 22.1. The van der Waals surface area contributed by atoms with Crippen molar-refractivity contribution in [2.24, 2.45) is 0 Å². The minimum absolute atomic E-state index is 0.259. The van der Waals surface area contributed by atoms with E-state index in [9.17, 15) is 13.2 Å². The molecule has 0 radical (unpaired) electrons. The van der Waals surface area contributed by atoms with Crippen LogP contribution in [0.15, 0.2) is 24.3 Å². The Balaban J connectivity index is 2.32. The van der Waals surface area contributed by atoms with Crippen molar-refractivity contribution in [2.45, 2.75) is 12.2 Å². The third kappa shape index (κ3) is 2.36. The number of hydrogen-bond donors (Lipinski definition) is 1. The molecular weight excluding hydrogens is 219 g/mol. The fourth-order valence-corrected chi connectivity index (χ4v) is 1.82. The van der Waals surface area contributed by atoms with Crippen LogP contribution in [0.1, 0.15) is 17.2 Å². The summed E-state index contributed by atoms with van der Waals surface area (Å²) in [6, 6.07) is 5.24. The quantitative estimate of drug-likeness (QED) is 0.801. The molecule has 1 atom stereocenters. The molecule has 1 N–H and O–H groups in total. The fourth-order valence-electron chi connectivity index (χ4n) is 1.82. The van der Waals surface area contributed by atoms with E-state index in [0.717, 1.165) is 6.07 Å². The monoisotopic (exact) mass is 231 g/mol. The van der Waals surface area contributed by atoms with Crippen LogP contribution in [0.4, 0.5) is 13.2 Å². The van der Waals surface area contributed by atoms with Gasteiger partial charge in [-0.3, -0.25) is 0 Å². The van der Waals surface area contributed by atoms with Crippen molar-refractivity contribution in [3.63, 3.8) is 0 Å². The van der Waals surface area contributed by atoms with Crippen LogP contribution in [0.25, 0.3) is 0 Å². The Kier molecular flexibility index (Phi) is 3.16. The van der Waals surface area contributed by atoms with Gasteiger partial charge >= 0.3 is 6.18 Å². The summed E-state index contributed by atoms with van der Waals surface area (Å²) < 4.78 is 43.4. The molecular formula is C11H12F3NO. The van der Waals surface area contributed by atoms with Crippen molar-refractivity contribution in [1.82, 2.24) is 5.32 Å². The first-order valence-corrected chi connectivity index (χ1v) is 5.06. The van der Waals surface area contributed by atoms with Crippen LogP contribution in [0, 0.1) is 0 Å². The lowest BCUT2D eigenvalue weighted by Crippen LogP contribution is -2.35. The average Bonchev–Trinajstić information content (AvgIpc) is 2.29. The zero-order chi connectivity index (χ0) is 11.6. The number of alkyl halides is 3. The molecule has 16 heavy (non-hydrogen) atoms. The van der Waals surface area contributed by atoms with Crippen molar-refractivity contribution < 1.29 is 17.9 Å². The van der Waals surface area contributed by atoms with E-state index in [1.54, 1.807) is 6.07 Å². The van der Waals surface area contributed by atoms with Crippen molar-refractivity contribution in [3.8, 4) is 0 Å². The maximum atomic E-state index is 12.7. The number of rotatable bonds is 1. The lowest BCUT2D eigenvalue weighted by Gasteiger charge is -2.26. The molecule has 1 aromatic rings. The van der Waals surface area contributed by atoms with Gasteiger partial charge in [0.15, 0.2) is 0 Å². The molecule has 1 aromatic carbocycles. The zero-order valence-corrected chi connectivity index (χ0v) is 8.55. The van der Waals surface area contributed by atoms with Crippen LogP contribution < -0.4 is 5.32 Å². The summed E-state index contributed by atoms with van der Waals surface area (Å²) >= 11 is 0. The molecule has 1 fully saturated rings. The number of nitrogens with one attached hydrogen (secondary N) is 1. The highest BCUT2D eigenvalue weighted by Crippen LogP contribution is 2.34. The van der Waals surface area contributed by atoms with E-state index in [4.69, 9.17) is 4.74 Å². The van der Waals surface area contributed by atoms with Crippen LogP contribution >= 0.6 is 0 Å². The molecule has 1 aliphatic rings. The summed E-state index contributed by atoms with van der Waals surface area (Å²) in [5.74, 6) is 0.